The van der Waals surface area contributed by atoms with Crippen molar-refractivity contribution in [1.29, 1.82) is 0 Å². The molecule has 0 spiro atoms. The molecule has 5 heteroatoms. The van der Waals surface area contributed by atoms with Crippen molar-refractivity contribution in [2.75, 3.05) is 19.8 Å². The summed E-state index contributed by atoms with van der Waals surface area (Å²) < 4.78 is 11.5. The first-order valence-corrected chi connectivity index (χ1v) is 9.61. The zero-order valence-electron chi connectivity index (χ0n) is 14.0. The number of thiophene rings is 1. The molecule has 0 N–H and O–H groups in total. The molecule has 1 fully saturated rings. The van der Waals surface area contributed by atoms with E-state index in [2.05, 4.69) is 6.07 Å². The fourth-order valence-electron chi connectivity index (χ4n) is 3.40. The van der Waals surface area contributed by atoms with Crippen LogP contribution in [0.2, 0.25) is 0 Å². The SMILES string of the molecule is O=C(/C=C/c1cccs1)N1CCCC1c1ccc2c(c1)OCCCO2. The predicted molar refractivity (Wildman–Crippen MR) is 99.1 cm³/mol. The monoisotopic (exact) mass is 355 g/mol. The largest absolute Gasteiger partial charge is 0.490 e. The van der Waals surface area contributed by atoms with Crippen LogP contribution in [0, 0.1) is 0 Å². The van der Waals surface area contributed by atoms with E-state index in [-0.39, 0.29) is 11.9 Å². The van der Waals surface area contributed by atoms with Gasteiger partial charge < -0.3 is 14.4 Å². The Labute approximate surface area is 151 Å². The summed E-state index contributed by atoms with van der Waals surface area (Å²) in [5.41, 5.74) is 1.12. The maximum Gasteiger partial charge on any atom is 0.247 e. The number of hydrogen-bond acceptors (Lipinski definition) is 4. The molecule has 0 bridgehead atoms. The van der Waals surface area contributed by atoms with Gasteiger partial charge in [-0.2, -0.15) is 0 Å². The first-order valence-electron chi connectivity index (χ1n) is 8.73. The molecule has 1 aromatic carbocycles. The molecule has 2 aliphatic heterocycles. The van der Waals surface area contributed by atoms with Crippen molar-refractivity contribution in [3.63, 3.8) is 0 Å². The fourth-order valence-corrected chi connectivity index (χ4v) is 4.02. The van der Waals surface area contributed by atoms with Gasteiger partial charge in [-0.25, -0.2) is 0 Å². The van der Waals surface area contributed by atoms with Gasteiger partial charge in [-0.3, -0.25) is 4.79 Å². The maximum atomic E-state index is 12.7. The van der Waals surface area contributed by atoms with Crippen LogP contribution in [0.3, 0.4) is 0 Å². The second-order valence-electron chi connectivity index (χ2n) is 6.30. The smallest absolute Gasteiger partial charge is 0.247 e. The van der Waals surface area contributed by atoms with Crippen molar-refractivity contribution in [1.82, 2.24) is 4.90 Å². The number of carbonyl (C=O) groups is 1. The Hall–Kier alpha value is -2.27. The van der Waals surface area contributed by atoms with Crippen LogP contribution in [0.15, 0.2) is 41.8 Å². The third-order valence-corrected chi connectivity index (χ3v) is 5.46. The van der Waals surface area contributed by atoms with Gasteiger partial charge in [0.2, 0.25) is 5.91 Å². The third-order valence-electron chi connectivity index (χ3n) is 4.63. The van der Waals surface area contributed by atoms with E-state index in [9.17, 15) is 4.79 Å². The van der Waals surface area contributed by atoms with Crippen LogP contribution in [-0.4, -0.2) is 30.6 Å². The Bertz CT molecular complexity index is 769. The summed E-state index contributed by atoms with van der Waals surface area (Å²) in [6.45, 7) is 2.16. The Balaban J connectivity index is 1.53. The average Bonchev–Trinajstić information content (AvgIpc) is 3.27. The predicted octanol–water partition coefficient (Wildman–Crippen LogP) is 4.29. The topological polar surface area (TPSA) is 38.8 Å². The highest BCUT2D eigenvalue weighted by Crippen LogP contribution is 2.38. The minimum Gasteiger partial charge on any atom is -0.490 e. The minimum absolute atomic E-state index is 0.0722. The summed E-state index contributed by atoms with van der Waals surface area (Å²) >= 11 is 1.63. The number of nitrogens with zero attached hydrogens (tertiary/aromatic N) is 1. The molecule has 25 heavy (non-hydrogen) atoms. The van der Waals surface area contributed by atoms with Crippen LogP contribution in [0.4, 0.5) is 0 Å². The normalized spacial score (nSPS) is 20.0. The lowest BCUT2D eigenvalue weighted by atomic mass is 10.0. The van der Waals surface area contributed by atoms with Crippen molar-refractivity contribution in [3.05, 3.63) is 52.2 Å². The number of likely N-dealkylation sites (tertiary alicyclic amines) is 1. The second kappa shape index (κ2) is 7.31. The fraction of sp³-hybridized carbons (Fsp3) is 0.350. The number of rotatable bonds is 3. The van der Waals surface area contributed by atoms with Crippen molar-refractivity contribution in [2.24, 2.45) is 0 Å². The molecular formula is C20H21NO3S. The molecular weight excluding hydrogens is 334 g/mol. The Kier molecular flexibility index (Phi) is 4.74. The number of amides is 1. The molecule has 4 rings (SSSR count). The van der Waals surface area contributed by atoms with Crippen LogP contribution in [0.1, 0.15) is 35.7 Å². The summed E-state index contributed by atoms with van der Waals surface area (Å²) in [7, 11) is 0. The molecule has 1 atom stereocenters. The number of fused-ring (bicyclic) bond motifs is 1. The molecule has 2 aromatic rings. The highest BCUT2D eigenvalue weighted by molar-refractivity contribution is 7.10. The summed E-state index contributed by atoms with van der Waals surface area (Å²) in [5, 5.41) is 2.01. The molecule has 1 saturated heterocycles. The summed E-state index contributed by atoms with van der Waals surface area (Å²) in [4.78, 5) is 15.7. The van der Waals surface area contributed by atoms with E-state index in [1.165, 1.54) is 0 Å². The van der Waals surface area contributed by atoms with Crippen molar-refractivity contribution in [2.45, 2.75) is 25.3 Å². The maximum absolute atomic E-state index is 12.7. The summed E-state index contributed by atoms with van der Waals surface area (Å²) in [6, 6.07) is 10.2. The Morgan fingerprint density at radius 2 is 2.04 bits per heavy atom. The lowest BCUT2D eigenvalue weighted by Gasteiger charge is -2.24. The van der Waals surface area contributed by atoms with Crippen LogP contribution in [0.25, 0.3) is 6.08 Å². The van der Waals surface area contributed by atoms with E-state index in [4.69, 9.17) is 9.47 Å². The molecule has 3 heterocycles. The van der Waals surface area contributed by atoms with Gasteiger partial charge in [0, 0.05) is 23.9 Å². The van der Waals surface area contributed by atoms with E-state index < -0.39 is 0 Å². The molecule has 4 nitrogen and oxygen atoms in total. The van der Waals surface area contributed by atoms with Gasteiger partial charge in [0.05, 0.1) is 19.3 Å². The van der Waals surface area contributed by atoms with Gasteiger partial charge in [-0.15, -0.1) is 11.3 Å². The molecule has 0 radical (unpaired) electrons. The standard InChI is InChI=1S/C20H21NO3S/c22-20(9-7-16-4-2-13-25-16)21-10-1-5-17(21)15-6-8-18-19(14-15)24-12-3-11-23-18/h2,4,6-9,13-14,17H,1,3,5,10-12H2/b9-7+. The van der Waals surface area contributed by atoms with E-state index in [1.807, 2.05) is 40.6 Å². The average molecular weight is 355 g/mol. The Morgan fingerprint density at radius 3 is 2.88 bits per heavy atom. The molecule has 2 aliphatic rings. The highest BCUT2D eigenvalue weighted by Gasteiger charge is 2.29. The summed E-state index contributed by atoms with van der Waals surface area (Å²) in [6.07, 6.45) is 6.49. The van der Waals surface area contributed by atoms with Crippen molar-refractivity contribution >= 4 is 23.3 Å². The van der Waals surface area contributed by atoms with Crippen molar-refractivity contribution < 1.29 is 14.3 Å². The van der Waals surface area contributed by atoms with E-state index in [0.29, 0.717) is 13.2 Å². The van der Waals surface area contributed by atoms with Gasteiger partial charge >= 0.3 is 0 Å². The van der Waals surface area contributed by atoms with Gasteiger partial charge in [-0.1, -0.05) is 12.1 Å². The molecule has 0 aliphatic carbocycles. The first kappa shape index (κ1) is 16.2. The Morgan fingerprint density at radius 1 is 1.16 bits per heavy atom. The number of hydrogen-bond donors (Lipinski definition) is 0. The molecule has 1 aromatic heterocycles. The lowest BCUT2D eigenvalue weighted by molar-refractivity contribution is -0.126. The van der Waals surface area contributed by atoms with Gasteiger partial charge in [0.25, 0.3) is 0 Å². The molecule has 1 amide bonds. The van der Waals surface area contributed by atoms with E-state index in [0.717, 1.165) is 47.7 Å². The zero-order valence-corrected chi connectivity index (χ0v) is 14.8. The van der Waals surface area contributed by atoms with Crippen molar-refractivity contribution in [3.8, 4) is 11.5 Å². The van der Waals surface area contributed by atoms with Crippen LogP contribution in [0.5, 0.6) is 11.5 Å². The van der Waals surface area contributed by atoms with E-state index in [1.54, 1.807) is 17.4 Å². The minimum atomic E-state index is 0.0722. The highest BCUT2D eigenvalue weighted by atomic mass is 32.1. The number of benzene rings is 1. The van der Waals surface area contributed by atoms with Crippen LogP contribution in [-0.2, 0) is 4.79 Å². The van der Waals surface area contributed by atoms with Crippen LogP contribution >= 0.6 is 11.3 Å². The van der Waals surface area contributed by atoms with Gasteiger partial charge in [0.1, 0.15) is 0 Å². The molecule has 130 valence electrons. The van der Waals surface area contributed by atoms with Gasteiger partial charge in [-0.05, 0) is 48.1 Å². The quantitative estimate of drug-likeness (QED) is 0.771. The summed E-state index contributed by atoms with van der Waals surface area (Å²) in [5.74, 6) is 1.67. The number of ether oxygens (including phenoxy) is 2. The molecule has 0 saturated carbocycles. The first-order chi connectivity index (χ1) is 12.3. The molecule has 1 unspecified atom stereocenters. The van der Waals surface area contributed by atoms with Crippen LogP contribution < -0.4 is 9.47 Å². The second-order valence-corrected chi connectivity index (χ2v) is 7.27. The number of carbonyl (C=O) groups excluding carboxylic acids is 1. The van der Waals surface area contributed by atoms with Gasteiger partial charge in [0.15, 0.2) is 11.5 Å². The third kappa shape index (κ3) is 3.56. The lowest BCUT2D eigenvalue weighted by Crippen LogP contribution is -2.28. The van der Waals surface area contributed by atoms with E-state index >= 15 is 0 Å². The zero-order chi connectivity index (χ0) is 17.1.